The molecule has 0 amide bonds. The first-order valence-corrected chi connectivity index (χ1v) is 5.25. The van der Waals surface area contributed by atoms with Crippen LogP contribution < -0.4 is 5.32 Å². The van der Waals surface area contributed by atoms with E-state index in [0.717, 1.165) is 19.0 Å². The van der Waals surface area contributed by atoms with Crippen molar-refractivity contribution in [2.45, 2.75) is 19.8 Å². The maximum absolute atomic E-state index is 13.3. The lowest BCUT2D eigenvalue weighted by molar-refractivity contribution is 0.467. The van der Waals surface area contributed by atoms with Crippen LogP contribution in [0.4, 0.5) is 8.78 Å². The quantitative estimate of drug-likeness (QED) is 0.793. The van der Waals surface area contributed by atoms with Gasteiger partial charge in [-0.25, -0.2) is 8.78 Å². The van der Waals surface area contributed by atoms with Gasteiger partial charge in [-0.1, -0.05) is 19.4 Å². The summed E-state index contributed by atoms with van der Waals surface area (Å²) in [5.74, 6) is -0.558. The van der Waals surface area contributed by atoms with Gasteiger partial charge in [-0.3, -0.25) is 0 Å². The fourth-order valence-electron chi connectivity index (χ4n) is 1.65. The molecule has 0 saturated heterocycles. The third-order valence-corrected chi connectivity index (χ3v) is 2.59. The first-order valence-electron chi connectivity index (χ1n) is 5.25. The van der Waals surface area contributed by atoms with E-state index in [-0.39, 0.29) is 0 Å². The van der Waals surface area contributed by atoms with Crippen molar-refractivity contribution in [1.29, 1.82) is 0 Å². The highest BCUT2D eigenvalue weighted by molar-refractivity contribution is 5.19. The summed E-state index contributed by atoms with van der Waals surface area (Å²) in [7, 11) is 1.88. The van der Waals surface area contributed by atoms with Crippen LogP contribution in [-0.2, 0) is 6.42 Å². The standard InChI is InChI=1S/C12H17F2N/c1-3-9(8-15-2)6-10-4-5-11(13)7-12(10)14/h4-5,7,9,15H,3,6,8H2,1-2H3. The lowest BCUT2D eigenvalue weighted by Gasteiger charge is -2.14. The van der Waals surface area contributed by atoms with E-state index in [1.165, 1.54) is 12.1 Å². The Labute approximate surface area is 89.5 Å². The van der Waals surface area contributed by atoms with E-state index in [9.17, 15) is 8.78 Å². The fourth-order valence-corrected chi connectivity index (χ4v) is 1.65. The summed E-state index contributed by atoms with van der Waals surface area (Å²) in [6, 6.07) is 3.79. The van der Waals surface area contributed by atoms with Crippen LogP contribution in [0.15, 0.2) is 18.2 Å². The molecular weight excluding hydrogens is 196 g/mol. The average Bonchev–Trinajstić information content (AvgIpc) is 2.21. The number of hydrogen-bond donors (Lipinski definition) is 1. The molecule has 0 aliphatic rings. The normalized spacial score (nSPS) is 12.8. The molecule has 1 N–H and O–H groups in total. The maximum Gasteiger partial charge on any atom is 0.129 e. The summed E-state index contributed by atoms with van der Waals surface area (Å²) >= 11 is 0. The van der Waals surface area contributed by atoms with Gasteiger partial charge in [0.1, 0.15) is 11.6 Å². The van der Waals surface area contributed by atoms with E-state index >= 15 is 0 Å². The first-order chi connectivity index (χ1) is 7.17. The topological polar surface area (TPSA) is 12.0 Å². The van der Waals surface area contributed by atoms with E-state index < -0.39 is 11.6 Å². The predicted molar refractivity (Wildman–Crippen MR) is 57.8 cm³/mol. The number of rotatable bonds is 5. The van der Waals surface area contributed by atoms with E-state index in [0.29, 0.717) is 17.9 Å². The molecule has 0 aliphatic carbocycles. The van der Waals surface area contributed by atoms with Crippen LogP contribution in [0.25, 0.3) is 0 Å². The van der Waals surface area contributed by atoms with Crippen molar-refractivity contribution < 1.29 is 8.78 Å². The van der Waals surface area contributed by atoms with Gasteiger partial charge in [-0.15, -0.1) is 0 Å². The number of hydrogen-bond acceptors (Lipinski definition) is 1. The van der Waals surface area contributed by atoms with Crippen molar-refractivity contribution in [2.24, 2.45) is 5.92 Å². The van der Waals surface area contributed by atoms with E-state index in [1.54, 1.807) is 0 Å². The Kier molecular flexibility index (Phi) is 4.69. The number of benzene rings is 1. The second kappa shape index (κ2) is 5.81. The molecule has 3 heteroatoms. The van der Waals surface area contributed by atoms with Crippen molar-refractivity contribution in [3.05, 3.63) is 35.4 Å². The molecule has 1 rings (SSSR count). The Morgan fingerprint density at radius 1 is 1.33 bits per heavy atom. The highest BCUT2D eigenvalue weighted by atomic mass is 19.1. The summed E-state index contributed by atoms with van der Waals surface area (Å²) in [5.41, 5.74) is 0.596. The molecule has 0 fully saturated rings. The molecule has 84 valence electrons. The minimum absolute atomic E-state index is 0.398. The van der Waals surface area contributed by atoms with Crippen molar-refractivity contribution >= 4 is 0 Å². The largest absolute Gasteiger partial charge is 0.319 e. The minimum atomic E-state index is -0.516. The molecule has 1 atom stereocenters. The number of nitrogens with one attached hydrogen (secondary N) is 1. The summed E-state index contributed by atoms with van der Waals surface area (Å²) in [6.07, 6.45) is 1.64. The SMILES string of the molecule is CCC(CNC)Cc1ccc(F)cc1F. The monoisotopic (exact) mass is 213 g/mol. The maximum atomic E-state index is 13.3. The minimum Gasteiger partial charge on any atom is -0.319 e. The van der Waals surface area contributed by atoms with Crippen LogP contribution in [0, 0.1) is 17.6 Å². The Bertz CT molecular complexity index is 312. The molecule has 1 aromatic carbocycles. The molecule has 0 aliphatic heterocycles. The smallest absolute Gasteiger partial charge is 0.129 e. The van der Waals surface area contributed by atoms with E-state index in [1.807, 2.05) is 7.05 Å². The molecular formula is C12H17F2N. The fraction of sp³-hybridized carbons (Fsp3) is 0.500. The van der Waals surface area contributed by atoms with Crippen LogP contribution in [0.1, 0.15) is 18.9 Å². The van der Waals surface area contributed by atoms with Crippen molar-refractivity contribution in [2.75, 3.05) is 13.6 Å². The molecule has 0 radical (unpaired) electrons. The molecule has 1 nitrogen and oxygen atoms in total. The second-order valence-electron chi connectivity index (χ2n) is 3.77. The van der Waals surface area contributed by atoms with Gasteiger partial charge in [0, 0.05) is 6.07 Å². The molecule has 0 saturated carbocycles. The third kappa shape index (κ3) is 3.59. The van der Waals surface area contributed by atoms with Crippen LogP contribution in [0.2, 0.25) is 0 Å². The zero-order valence-electron chi connectivity index (χ0n) is 9.19. The Balaban J connectivity index is 2.70. The highest BCUT2D eigenvalue weighted by Crippen LogP contribution is 2.16. The predicted octanol–water partition coefficient (Wildman–Crippen LogP) is 2.75. The van der Waals surface area contributed by atoms with Gasteiger partial charge in [0.2, 0.25) is 0 Å². The molecule has 15 heavy (non-hydrogen) atoms. The van der Waals surface area contributed by atoms with Crippen LogP contribution >= 0.6 is 0 Å². The number of halogens is 2. The highest BCUT2D eigenvalue weighted by Gasteiger charge is 2.10. The summed E-state index contributed by atoms with van der Waals surface area (Å²) < 4.78 is 26.0. The van der Waals surface area contributed by atoms with Gasteiger partial charge in [0.15, 0.2) is 0 Å². The Morgan fingerprint density at radius 2 is 2.07 bits per heavy atom. The van der Waals surface area contributed by atoms with Crippen molar-refractivity contribution in [1.82, 2.24) is 5.32 Å². The second-order valence-corrected chi connectivity index (χ2v) is 3.77. The van der Waals surface area contributed by atoms with Gasteiger partial charge in [0.05, 0.1) is 0 Å². The van der Waals surface area contributed by atoms with Gasteiger partial charge in [-0.05, 0) is 37.6 Å². The van der Waals surface area contributed by atoms with Gasteiger partial charge in [-0.2, -0.15) is 0 Å². The third-order valence-electron chi connectivity index (χ3n) is 2.59. The average molecular weight is 213 g/mol. The Morgan fingerprint density at radius 3 is 2.60 bits per heavy atom. The Hall–Kier alpha value is -0.960. The van der Waals surface area contributed by atoms with Crippen LogP contribution in [-0.4, -0.2) is 13.6 Å². The van der Waals surface area contributed by atoms with E-state index in [2.05, 4.69) is 12.2 Å². The molecule has 0 bridgehead atoms. The zero-order valence-corrected chi connectivity index (χ0v) is 9.19. The first kappa shape index (κ1) is 12.1. The van der Waals surface area contributed by atoms with Gasteiger partial charge >= 0.3 is 0 Å². The molecule has 1 unspecified atom stereocenters. The zero-order chi connectivity index (χ0) is 11.3. The van der Waals surface area contributed by atoms with Crippen LogP contribution in [0.3, 0.4) is 0 Å². The summed E-state index contributed by atoms with van der Waals surface area (Å²) in [5, 5.41) is 3.07. The molecule has 0 spiro atoms. The van der Waals surface area contributed by atoms with Gasteiger partial charge < -0.3 is 5.32 Å². The molecule has 0 heterocycles. The van der Waals surface area contributed by atoms with Crippen LogP contribution in [0.5, 0.6) is 0 Å². The summed E-state index contributed by atoms with van der Waals surface area (Å²) in [4.78, 5) is 0. The lowest BCUT2D eigenvalue weighted by atomic mass is 9.96. The molecule has 0 aromatic heterocycles. The van der Waals surface area contributed by atoms with Gasteiger partial charge in [0.25, 0.3) is 0 Å². The summed E-state index contributed by atoms with van der Waals surface area (Å²) in [6.45, 7) is 2.93. The van der Waals surface area contributed by atoms with Crippen molar-refractivity contribution in [3.63, 3.8) is 0 Å². The lowest BCUT2D eigenvalue weighted by Crippen LogP contribution is -2.20. The van der Waals surface area contributed by atoms with E-state index in [4.69, 9.17) is 0 Å². The van der Waals surface area contributed by atoms with Crippen molar-refractivity contribution in [3.8, 4) is 0 Å². The molecule has 1 aromatic rings.